The molecule has 1 unspecified atom stereocenters. The van der Waals surface area contributed by atoms with E-state index in [1.54, 1.807) is 6.92 Å². The first-order valence-electron chi connectivity index (χ1n) is 3.79. The lowest BCUT2D eigenvalue weighted by atomic mass is 9.84. The van der Waals surface area contributed by atoms with Gasteiger partial charge in [0.25, 0.3) is 0 Å². The molecule has 0 aromatic carbocycles. The van der Waals surface area contributed by atoms with E-state index in [0.717, 1.165) is 0 Å². The Morgan fingerprint density at radius 2 is 2.25 bits per heavy atom. The van der Waals surface area contributed by atoms with Crippen molar-refractivity contribution in [2.24, 2.45) is 11.1 Å². The Labute approximate surface area is 71.3 Å². The summed E-state index contributed by atoms with van der Waals surface area (Å²) in [5.41, 5.74) is 3.83. The first kappa shape index (κ1) is 9.01. The summed E-state index contributed by atoms with van der Waals surface area (Å²) in [4.78, 5) is 11.2. The Balaban J connectivity index is 2.88. The molecule has 0 spiro atoms. The predicted molar refractivity (Wildman–Crippen MR) is 41.9 cm³/mol. The average Bonchev–Trinajstić information content (AvgIpc) is 2.83. The van der Waals surface area contributed by atoms with Gasteiger partial charge in [0, 0.05) is 0 Å². The number of hydrogen-bond donors (Lipinski definition) is 1. The zero-order valence-electron chi connectivity index (χ0n) is 7.26. The summed E-state index contributed by atoms with van der Waals surface area (Å²) >= 11 is 0. The third-order valence-electron chi connectivity index (χ3n) is 2.55. The van der Waals surface area contributed by atoms with Gasteiger partial charge < -0.3 is 10.5 Å². The summed E-state index contributed by atoms with van der Waals surface area (Å²) in [7, 11) is 1.32. The molecule has 66 valence electrons. The topological polar surface area (TPSA) is 76.1 Å². The fraction of sp³-hybridized carbons (Fsp3) is 0.750. The Morgan fingerprint density at radius 1 is 1.75 bits per heavy atom. The van der Waals surface area contributed by atoms with Crippen molar-refractivity contribution in [2.75, 3.05) is 7.11 Å². The number of nitrogens with two attached hydrogens (primary N) is 1. The lowest BCUT2D eigenvalue weighted by molar-refractivity contribution is -0.148. The van der Waals surface area contributed by atoms with Crippen LogP contribution in [0, 0.1) is 16.7 Å². The number of hydrogen-bond acceptors (Lipinski definition) is 4. The molecule has 1 fully saturated rings. The molecule has 0 radical (unpaired) electrons. The molecule has 0 bridgehead atoms. The van der Waals surface area contributed by atoms with E-state index in [0.29, 0.717) is 12.8 Å². The number of esters is 1. The second-order valence-corrected chi connectivity index (χ2v) is 3.39. The molecule has 0 saturated heterocycles. The Hall–Kier alpha value is -1.08. The van der Waals surface area contributed by atoms with Crippen molar-refractivity contribution < 1.29 is 9.53 Å². The zero-order valence-corrected chi connectivity index (χ0v) is 7.26. The van der Waals surface area contributed by atoms with E-state index in [1.165, 1.54) is 7.11 Å². The second kappa shape index (κ2) is 2.46. The maximum absolute atomic E-state index is 11.2. The minimum atomic E-state index is -1.10. The number of methoxy groups -OCH3 is 1. The van der Waals surface area contributed by atoms with Crippen LogP contribution in [0.25, 0.3) is 0 Å². The number of carbonyl (C=O) groups excluding carboxylic acids is 1. The summed E-state index contributed by atoms with van der Waals surface area (Å²) in [6.45, 7) is 1.57. The minimum absolute atomic E-state index is 0.367. The largest absolute Gasteiger partial charge is 0.469 e. The molecule has 0 heterocycles. The fourth-order valence-electron chi connectivity index (χ4n) is 1.36. The van der Waals surface area contributed by atoms with Crippen molar-refractivity contribution in [3.05, 3.63) is 0 Å². The molecule has 0 aromatic rings. The lowest BCUT2D eigenvalue weighted by Crippen LogP contribution is -2.48. The van der Waals surface area contributed by atoms with E-state index in [9.17, 15) is 4.79 Å². The molecule has 1 aliphatic carbocycles. The normalized spacial score (nSPS) is 23.5. The summed E-state index contributed by atoms with van der Waals surface area (Å²) in [5.74, 6) is -0.367. The molecule has 1 atom stereocenters. The maximum Gasteiger partial charge on any atom is 0.314 e. The quantitative estimate of drug-likeness (QED) is 0.597. The third-order valence-corrected chi connectivity index (χ3v) is 2.55. The molecule has 1 rings (SSSR count). The van der Waals surface area contributed by atoms with Crippen molar-refractivity contribution in [1.29, 1.82) is 5.26 Å². The van der Waals surface area contributed by atoms with Gasteiger partial charge in [-0.1, -0.05) is 0 Å². The summed E-state index contributed by atoms with van der Waals surface area (Å²) in [6, 6.07) is 1.94. The van der Waals surface area contributed by atoms with Gasteiger partial charge in [0.1, 0.15) is 5.54 Å². The number of rotatable bonds is 2. The van der Waals surface area contributed by atoms with E-state index in [2.05, 4.69) is 4.74 Å². The first-order chi connectivity index (χ1) is 5.50. The monoisotopic (exact) mass is 168 g/mol. The molecule has 0 aromatic heterocycles. The minimum Gasteiger partial charge on any atom is -0.469 e. The highest BCUT2D eigenvalue weighted by atomic mass is 16.5. The van der Waals surface area contributed by atoms with Crippen molar-refractivity contribution in [1.82, 2.24) is 0 Å². The highest BCUT2D eigenvalue weighted by molar-refractivity contribution is 5.82. The van der Waals surface area contributed by atoms with Crippen LogP contribution in [0.5, 0.6) is 0 Å². The summed E-state index contributed by atoms with van der Waals surface area (Å²) in [6.07, 6.45) is 1.31. The van der Waals surface area contributed by atoms with Gasteiger partial charge in [0.15, 0.2) is 0 Å². The van der Waals surface area contributed by atoms with E-state index in [1.807, 2.05) is 6.07 Å². The fourth-order valence-corrected chi connectivity index (χ4v) is 1.36. The molecule has 12 heavy (non-hydrogen) atoms. The summed E-state index contributed by atoms with van der Waals surface area (Å²) < 4.78 is 4.60. The van der Waals surface area contributed by atoms with Crippen LogP contribution < -0.4 is 5.73 Å². The highest BCUT2D eigenvalue weighted by Gasteiger charge is 2.62. The molecule has 2 N–H and O–H groups in total. The predicted octanol–water partition coefficient (Wildman–Crippen LogP) is 0.181. The smallest absolute Gasteiger partial charge is 0.314 e. The Bertz CT molecular complexity index is 248. The van der Waals surface area contributed by atoms with Gasteiger partial charge in [0.05, 0.1) is 18.6 Å². The Kier molecular flexibility index (Phi) is 1.85. The zero-order chi connectivity index (χ0) is 9.41. The van der Waals surface area contributed by atoms with Gasteiger partial charge >= 0.3 is 5.97 Å². The van der Waals surface area contributed by atoms with Crippen LogP contribution in [-0.2, 0) is 9.53 Å². The van der Waals surface area contributed by atoms with Gasteiger partial charge in [0.2, 0.25) is 0 Å². The highest BCUT2D eigenvalue weighted by Crippen LogP contribution is 2.53. The van der Waals surface area contributed by atoms with Gasteiger partial charge in [-0.05, 0) is 19.8 Å². The van der Waals surface area contributed by atoms with Crippen LogP contribution in [0.15, 0.2) is 0 Å². The van der Waals surface area contributed by atoms with Gasteiger partial charge in [-0.25, -0.2) is 0 Å². The standard InChI is InChI=1S/C8H12N2O2/c1-7(10,5-9)8(3-4-8)6(11)12-2/h3-4,10H2,1-2H3. The van der Waals surface area contributed by atoms with Gasteiger partial charge in [-0.2, -0.15) is 5.26 Å². The van der Waals surface area contributed by atoms with Crippen LogP contribution in [-0.4, -0.2) is 18.6 Å². The van der Waals surface area contributed by atoms with Crippen LogP contribution in [0.2, 0.25) is 0 Å². The van der Waals surface area contributed by atoms with Crippen molar-refractivity contribution in [3.8, 4) is 6.07 Å². The van der Waals surface area contributed by atoms with Crippen LogP contribution in [0.4, 0.5) is 0 Å². The van der Waals surface area contributed by atoms with Crippen molar-refractivity contribution in [3.63, 3.8) is 0 Å². The Morgan fingerprint density at radius 3 is 2.50 bits per heavy atom. The molecule has 1 aliphatic rings. The maximum atomic E-state index is 11.2. The van der Waals surface area contributed by atoms with E-state index in [-0.39, 0.29) is 5.97 Å². The van der Waals surface area contributed by atoms with Crippen LogP contribution in [0.1, 0.15) is 19.8 Å². The van der Waals surface area contributed by atoms with E-state index in [4.69, 9.17) is 11.0 Å². The third kappa shape index (κ3) is 0.978. The molecule has 1 saturated carbocycles. The summed E-state index contributed by atoms with van der Waals surface area (Å²) in [5, 5.41) is 8.73. The van der Waals surface area contributed by atoms with Gasteiger partial charge in [-0.3, -0.25) is 4.79 Å². The number of nitrogens with zero attached hydrogens (tertiary/aromatic N) is 1. The molecular weight excluding hydrogens is 156 g/mol. The lowest BCUT2D eigenvalue weighted by Gasteiger charge is -2.24. The molecular formula is C8H12N2O2. The van der Waals surface area contributed by atoms with E-state index < -0.39 is 11.0 Å². The SMILES string of the molecule is COC(=O)C1(C(C)(N)C#N)CC1. The van der Waals surface area contributed by atoms with E-state index >= 15 is 0 Å². The second-order valence-electron chi connectivity index (χ2n) is 3.39. The van der Waals surface area contributed by atoms with Crippen LogP contribution in [0.3, 0.4) is 0 Å². The van der Waals surface area contributed by atoms with Crippen molar-refractivity contribution >= 4 is 5.97 Å². The number of ether oxygens (including phenoxy) is 1. The molecule has 0 aliphatic heterocycles. The number of carbonyl (C=O) groups is 1. The molecule has 4 nitrogen and oxygen atoms in total. The average molecular weight is 168 g/mol. The first-order valence-corrected chi connectivity index (χ1v) is 3.79. The molecule has 0 amide bonds. The molecule has 4 heteroatoms. The van der Waals surface area contributed by atoms with Gasteiger partial charge in [-0.15, -0.1) is 0 Å². The number of nitriles is 1. The van der Waals surface area contributed by atoms with Crippen LogP contribution >= 0.6 is 0 Å². The van der Waals surface area contributed by atoms with Crippen molar-refractivity contribution in [2.45, 2.75) is 25.3 Å².